The van der Waals surface area contributed by atoms with Gasteiger partial charge >= 0.3 is 0 Å². The van der Waals surface area contributed by atoms with E-state index in [1.54, 1.807) is 0 Å². The van der Waals surface area contributed by atoms with Gasteiger partial charge < -0.3 is 6.15 Å². The van der Waals surface area contributed by atoms with Crippen LogP contribution in [0.5, 0.6) is 0 Å². The summed E-state index contributed by atoms with van der Waals surface area (Å²) in [6.45, 7) is 6.35. The standard InChI is InChI=1S/C18H17N.H3N/c1-12-8-10-15(11-9-12)18-13(2)16-6-4-5-7-17(16)14(3)19-18;/h4-11H,1-3H3;1H3. The Balaban J connectivity index is 0.00000147. The van der Waals surface area contributed by atoms with Gasteiger partial charge in [0.15, 0.2) is 0 Å². The number of nitrogens with zero attached hydrogens (tertiary/aromatic N) is 1. The third-order valence-corrected chi connectivity index (χ3v) is 3.68. The molecule has 0 radical (unpaired) electrons. The highest BCUT2D eigenvalue weighted by atomic mass is 14.7. The summed E-state index contributed by atoms with van der Waals surface area (Å²) < 4.78 is 0. The smallest absolute Gasteiger partial charge is 0.0740 e. The fraction of sp³-hybridized carbons (Fsp3) is 0.167. The molecule has 0 amide bonds. The average Bonchev–Trinajstić information content (AvgIpc) is 2.44. The molecule has 0 atom stereocenters. The van der Waals surface area contributed by atoms with Crippen LogP contribution in [0.25, 0.3) is 22.0 Å². The van der Waals surface area contributed by atoms with E-state index in [4.69, 9.17) is 4.98 Å². The summed E-state index contributed by atoms with van der Waals surface area (Å²) >= 11 is 0. The summed E-state index contributed by atoms with van der Waals surface area (Å²) in [6.07, 6.45) is 0. The monoisotopic (exact) mass is 264 g/mol. The van der Waals surface area contributed by atoms with Gasteiger partial charge in [0.05, 0.1) is 5.69 Å². The van der Waals surface area contributed by atoms with Crippen LogP contribution in [0.3, 0.4) is 0 Å². The number of hydrogen-bond donors (Lipinski definition) is 1. The molecule has 0 aliphatic rings. The zero-order valence-corrected chi connectivity index (χ0v) is 12.3. The molecule has 102 valence electrons. The minimum absolute atomic E-state index is 0. The van der Waals surface area contributed by atoms with Crippen LogP contribution in [0.4, 0.5) is 0 Å². The molecule has 0 spiro atoms. The highest BCUT2D eigenvalue weighted by molar-refractivity contribution is 5.91. The Labute approximate surface area is 120 Å². The predicted octanol–water partition coefficient (Wildman–Crippen LogP) is 4.99. The van der Waals surface area contributed by atoms with Gasteiger partial charge in [-0.3, -0.25) is 4.98 Å². The van der Waals surface area contributed by atoms with Crippen molar-refractivity contribution in [3.05, 3.63) is 65.4 Å². The lowest BCUT2D eigenvalue weighted by Crippen LogP contribution is -1.94. The van der Waals surface area contributed by atoms with Crippen LogP contribution < -0.4 is 6.15 Å². The first-order valence-electron chi connectivity index (χ1n) is 6.60. The number of rotatable bonds is 1. The number of hydrogen-bond acceptors (Lipinski definition) is 2. The highest BCUT2D eigenvalue weighted by Gasteiger charge is 2.09. The van der Waals surface area contributed by atoms with Crippen LogP contribution in [0, 0.1) is 20.8 Å². The lowest BCUT2D eigenvalue weighted by molar-refractivity contribution is 1.21. The zero-order chi connectivity index (χ0) is 13.4. The molecule has 0 unspecified atom stereocenters. The Kier molecular flexibility index (Phi) is 3.86. The fourth-order valence-corrected chi connectivity index (χ4v) is 2.56. The van der Waals surface area contributed by atoms with Crippen LogP contribution in [0.1, 0.15) is 16.8 Å². The third kappa shape index (κ3) is 2.30. The molecular weight excluding hydrogens is 244 g/mol. The van der Waals surface area contributed by atoms with Gasteiger partial charge in [-0.05, 0) is 31.7 Å². The second-order valence-electron chi connectivity index (χ2n) is 5.08. The first-order valence-corrected chi connectivity index (χ1v) is 6.60. The van der Waals surface area contributed by atoms with E-state index in [2.05, 4.69) is 69.3 Å². The molecule has 20 heavy (non-hydrogen) atoms. The van der Waals surface area contributed by atoms with Gasteiger partial charge in [0, 0.05) is 16.6 Å². The van der Waals surface area contributed by atoms with Crippen LogP contribution in [-0.2, 0) is 0 Å². The number of pyridine rings is 1. The molecule has 1 heterocycles. The van der Waals surface area contributed by atoms with Gasteiger partial charge in [-0.1, -0.05) is 54.1 Å². The van der Waals surface area contributed by atoms with Crippen molar-refractivity contribution in [2.75, 3.05) is 0 Å². The van der Waals surface area contributed by atoms with Crippen molar-refractivity contribution in [3.63, 3.8) is 0 Å². The van der Waals surface area contributed by atoms with E-state index in [-0.39, 0.29) is 6.15 Å². The first kappa shape index (κ1) is 14.2. The van der Waals surface area contributed by atoms with Gasteiger partial charge in [0.25, 0.3) is 0 Å². The SMILES string of the molecule is Cc1ccc(-c2nc(C)c3ccccc3c2C)cc1.N. The summed E-state index contributed by atoms with van der Waals surface area (Å²) in [5.74, 6) is 0. The number of benzene rings is 2. The molecule has 2 nitrogen and oxygen atoms in total. The third-order valence-electron chi connectivity index (χ3n) is 3.68. The molecule has 1 aromatic heterocycles. The number of aryl methyl sites for hydroxylation is 3. The van der Waals surface area contributed by atoms with Crippen molar-refractivity contribution in [1.82, 2.24) is 11.1 Å². The molecule has 0 bridgehead atoms. The topological polar surface area (TPSA) is 47.9 Å². The molecule has 0 saturated carbocycles. The Morgan fingerprint density at radius 2 is 1.35 bits per heavy atom. The van der Waals surface area contributed by atoms with Crippen molar-refractivity contribution in [1.29, 1.82) is 0 Å². The average molecular weight is 264 g/mol. The molecule has 3 rings (SSSR count). The second kappa shape index (κ2) is 5.43. The van der Waals surface area contributed by atoms with Crippen molar-refractivity contribution < 1.29 is 0 Å². The predicted molar refractivity (Wildman–Crippen MR) is 86.4 cm³/mol. The molecule has 0 fully saturated rings. The van der Waals surface area contributed by atoms with Gasteiger partial charge in [-0.15, -0.1) is 0 Å². The van der Waals surface area contributed by atoms with Crippen molar-refractivity contribution >= 4 is 10.8 Å². The Bertz CT molecular complexity index is 743. The molecule has 0 aliphatic carbocycles. The minimum atomic E-state index is 0. The second-order valence-corrected chi connectivity index (χ2v) is 5.08. The summed E-state index contributed by atoms with van der Waals surface area (Å²) in [6, 6.07) is 17.1. The van der Waals surface area contributed by atoms with Crippen LogP contribution in [-0.4, -0.2) is 4.98 Å². The summed E-state index contributed by atoms with van der Waals surface area (Å²) in [5, 5.41) is 2.54. The Morgan fingerprint density at radius 3 is 2.00 bits per heavy atom. The van der Waals surface area contributed by atoms with Gasteiger partial charge in [-0.25, -0.2) is 0 Å². The zero-order valence-electron chi connectivity index (χ0n) is 12.3. The van der Waals surface area contributed by atoms with Gasteiger partial charge in [-0.2, -0.15) is 0 Å². The van der Waals surface area contributed by atoms with Crippen LogP contribution in [0.15, 0.2) is 48.5 Å². The van der Waals surface area contributed by atoms with E-state index in [1.165, 1.54) is 27.5 Å². The van der Waals surface area contributed by atoms with E-state index in [1.807, 2.05) is 0 Å². The van der Waals surface area contributed by atoms with E-state index >= 15 is 0 Å². The van der Waals surface area contributed by atoms with Gasteiger partial charge in [0.2, 0.25) is 0 Å². The fourth-order valence-electron chi connectivity index (χ4n) is 2.56. The Morgan fingerprint density at radius 1 is 0.750 bits per heavy atom. The quantitative estimate of drug-likeness (QED) is 0.673. The van der Waals surface area contributed by atoms with E-state index in [0.29, 0.717) is 0 Å². The van der Waals surface area contributed by atoms with E-state index in [0.717, 1.165) is 11.4 Å². The van der Waals surface area contributed by atoms with Crippen molar-refractivity contribution in [2.45, 2.75) is 20.8 Å². The highest BCUT2D eigenvalue weighted by Crippen LogP contribution is 2.29. The maximum Gasteiger partial charge on any atom is 0.0740 e. The molecule has 2 aromatic carbocycles. The van der Waals surface area contributed by atoms with Crippen molar-refractivity contribution in [3.8, 4) is 11.3 Å². The van der Waals surface area contributed by atoms with E-state index < -0.39 is 0 Å². The van der Waals surface area contributed by atoms with E-state index in [9.17, 15) is 0 Å². The number of aromatic nitrogens is 1. The lowest BCUT2D eigenvalue weighted by Gasteiger charge is -2.11. The minimum Gasteiger partial charge on any atom is -0.344 e. The summed E-state index contributed by atoms with van der Waals surface area (Å²) in [5.41, 5.74) is 5.91. The largest absolute Gasteiger partial charge is 0.344 e. The van der Waals surface area contributed by atoms with Crippen LogP contribution >= 0.6 is 0 Å². The molecule has 3 aromatic rings. The molecule has 0 saturated heterocycles. The summed E-state index contributed by atoms with van der Waals surface area (Å²) in [7, 11) is 0. The maximum absolute atomic E-state index is 4.80. The molecule has 3 N–H and O–H groups in total. The first-order chi connectivity index (χ1) is 9.16. The normalized spacial score (nSPS) is 10.3. The number of fused-ring (bicyclic) bond motifs is 1. The van der Waals surface area contributed by atoms with Crippen molar-refractivity contribution in [2.24, 2.45) is 0 Å². The van der Waals surface area contributed by atoms with Gasteiger partial charge in [0.1, 0.15) is 0 Å². The molecule has 0 aliphatic heterocycles. The summed E-state index contributed by atoms with van der Waals surface area (Å²) in [4.78, 5) is 4.80. The Hall–Kier alpha value is -2.19. The molecular formula is C18H20N2. The maximum atomic E-state index is 4.80. The van der Waals surface area contributed by atoms with Crippen LogP contribution in [0.2, 0.25) is 0 Å². The molecule has 2 heteroatoms. The lowest BCUT2D eigenvalue weighted by atomic mass is 9.99.